The van der Waals surface area contributed by atoms with E-state index < -0.39 is 0 Å². The van der Waals surface area contributed by atoms with E-state index in [0.717, 1.165) is 60.3 Å². The summed E-state index contributed by atoms with van der Waals surface area (Å²) in [6.45, 7) is 2.64. The van der Waals surface area contributed by atoms with Gasteiger partial charge in [0.05, 0.1) is 5.52 Å². The van der Waals surface area contributed by atoms with E-state index in [1.54, 1.807) is 0 Å². The highest BCUT2D eigenvalue weighted by atomic mass is 16.5. The van der Waals surface area contributed by atoms with Crippen molar-refractivity contribution >= 4 is 22.7 Å². The highest BCUT2D eigenvalue weighted by Crippen LogP contribution is 2.28. The van der Waals surface area contributed by atoms with Crippen LogP contribution in [0.3, 0.4) is 0 Å². The van der Waals surface area contributed by atoms with Crippen LogP contribution >= 0.6 is 0 Å². The summed E-state index contributed by atoms with van der Waals surface area (Å²) in [6.07, 6.45) is 4.75. The van der Waals surface area contributed by atoms with Gasteiger partial charge in [0.15, 0.2) is 0 Å². The van der Waals surface area contributed by atoms with E-state index in [0.29, 0.717) is 12.6 Å². The molecule has 0 radical (unpaired) electrons. The Bertz CT molecular complexity index is 955. The minimum Gasteiger partial charge on any atom is -0.492 e. The maximum atomic E-state index is 5.75. The van der Waals surface area contributed by atoms with Gasteiger partial charge in [-0.2, -0.15) is 4.98 Å². The van der Waals surface area contributed by atoms with E-state index in [-0.39, 0.29) is 0 Å². The van der Waals surface area contributed by atoms with Crippen LogP contribution in [0.4, 0.5) is 11.8 Å². The van der Waals surface area contributed by atoms with Crippen LogP contribution < -0.4 is 20.3 Å². The molecule has 0 bridgehead atoms. The molecule has 1 heterocycles. The molecule has 6 heteroatoms. The largest absolute Gasteiger partial charge is 0.492 e. The number of fused-ring (bicyclic) bond motifs is 1. The van der Waals surface area contributed by atoms with Crippen molar-refractivity contribution in [2.24, 2.45) is 5.92 Å². The Morgan fingerprint density at radius 2 is 1.68 bits per heavy atom. The third-order valence-electron chi connectivity index (χ3n) is 5.91. The van der Waals surface area contributed by atoms with Crippen LogP contribution in [0.25, 0.3) is 10.9 Å². The van der Waals surface area contributed by atoms with Gasteiger partial charge in [0, 0.05) is 32.1 Å². The summed E-state index contributed by atoms with van der Waals surface area (Å²) in [6, 6.07) is 18.6. The van der Waals surface area contributed by atoms with Crippen molar-refractivity contribution in [1.29, 1.82) is 0 Å². The van der Waals surface area contributed by atoms with Crippen molar-refractivity contribution in [3.8, 4) is 5.75 Å². The molecule has 6 nitrogen and oxygen atoms in total. The molecule has 0 aliphatic heterocycles. The minimum atomic E-state index is 0.439. The third kappa shape index (κ3) is 5.85. The molecular formula is C25H33N5O. The van der Waals surface area contributed by atoms with Gasteiger partial charge in [-0.05, 0) is 62.4 Å². The number of benzene rings is 2. The first-order chi connectivity index (χ1) is 15.2. The summed E-state index contributed by atoms with van der Waals surface area (Å²) in [5.74, 6) is 3.36. The maximum Gasteiger partial charge on any atom is 0.225 e. The van der Waals surface area contributed by atoms with Crippen LogP contribution in [0.15, 0.2) is 54.6 Å². The van der Waals surface area contributed by atoms with Crippen molar-refractivity contribution in [1.82, 2.24) is 15.3 Å². The van der Waals surface area contributed by atoms with Gasteiger partial charge in [-0.1, -0.05) is 30.3 Å². The van der Waals surface area contributed by atoms with E-state index in [2.05, 4.69) is 27.7 Å². The fraction of sp³-hybridized carbons (Fsp3) is 0.440. The zero-order valence-electron chi connectivity index (χ0n) is 18.6. The Hall–Kier alpha value is -2.86. The summed E-state index contributed by atoms with van der Waals surface area (Å²) >= 11 is 0. The van der Waals surface area contributed by atoms with Crippen LogP contribution in [0.5, 0.6) is 5.75 Å². The molecule has 0 spiro atoms. The first-order valence-electron chi connectivity index (χ1n) is 11.3. The molecule has 0 amide bonds. The summed E-state index contributed by atoms with van der Waals surface area (Å²) in [7, 11) is 4.06. The van der Waals surface area contributed by atoms with Crippen LogP contribution in [0, 0.1) is 5.92 Å². The van der Waals surface area contributed by atoms with Crippen LogP contribution in [-0.2, 0) is 0 Å². The lowest BCUT2D eigenvalue weighted by Crippen LogP contribution is -2.33. The monoisotopic (exact) mass is 419 g/mol. The predicted molar refractivity (Wildman–Crippen MR) is 128 cm³/mol. The Morgan fingerprint density at radius 3 is 2.45 bits per heavy atom. The number of nitrogens with one attached hydrogen (secondary N) is 2. The molecule has 1 fully saturated rings. The highest BCUT2D eigenvalue weighted by molar-refractivity contribution is 5.90. The summed E-state index contributed by atoms with van der Waals surface area (Å²) in [4.78, 5) is 11.6. The van der Waals surface area contributed by atoms with E-state index in [4.69, 9.17) is 14.7 Å². The van der Waals surface area contributed by atoms with Gasteiger partial charge in [-0.15, -0.1) is 0 Å². The standard InChI is InChI=1S/C25H33N5O/c1-30(2)24-22-10-6-7-11-23(22)28-25(29-24)27-20-14-12-19(13-15-20)18-26-16-17-31-21-8-4-3-5-9-21/h3-11,19-20,26H,12-18H2,1-2H3,(H,27,28,29). The number of hydrogen-bond acceptors (Lipinski definition) is 6. The molecular weight excluding hydrogens is 386 g/mol. The minimum absolute atomic E-state index is 0.439. The van der Waals surface area contributed by atoms with Gasteiger partial charge in [0.25, 0.3) is 0 Å². The number of aromatic nitrogens is 2. The lowest BCUT2D eigenvalue weighted by atomic mass is 9.86. The molecule has 1 aliphatic rings. The molecule has 1 aromatic heterocycles. The fourth-order valence-electron chi connectivity index (χ4n) is 4.22. The Balaban J connectivity index is 1.21. The second kappa shape index (κ2) is 10.4. The quantitative estimate of drug-likeness (QED) is 0.503. The molecule has 164 valence electrons. The Labute approximate surface area is 185 Å². The summed E-state index contributed by atoms with van der Waals surface area (Å²) < 4.78 is 5.75. The zero-order chi connectivity index (χ0) is 21.5. The van der Waals surface area contributed by atoms with E-state index >= 15 is 0 Å². The first kappa shape index (κ1) is 21.4. The Morgan fingerprint density at radius 1 is 0.935 bits per heavy atom. The number of hydrogen-bond donors (Lipinski definition) is 2. The third-order valence-corrected chi connectivity index (χ3v) is 5.91. The van der Waals surface area contributed by atoms with E-state index in [1.165, 1.54) is 12.8 Å². The molecule has 0 unspecified atom stereocenters. The molecule has 1 aliphatic carbocycles. The number of anilines is 2. The highest BCUT2D eigenvalue weighted by Gasteiger charge is 2.22. The van der Waals surface area contributed by atoms with Gasteiger partial charge in [-0.25, -0.2) is 4.98 Å². The average molecular weight is 420 g/mol. The number of ether oxygens (including phenoxy) is 1. The van der Waals surface area contributed by atoms with E-state index in [1.807, 2.05) is 56.6 Å². The van der Waals surface area contributed by atoms with Crippen LogP contribution in [-0.4, -0.2) is 49.8 Å². The van der Waals surface area contributed by atoms with Crippen molar-refractivity contribution < 1.29 is 4.74 Å². The lowest BCUT2D eigenvalue weighted by Gasteiger charge is -2.29. The number of nitrogens with zero attached hydrogens (tertiary/aromatic N) is 3. The molecule has 2 aromatic carbocycles. The van der Waals surface area contributed by atoms with Gasteiger partial charge >= 0.3 is 0 Å². The smallest absolute Gasteiger partial charge is 0.225 e. The predicted octanol–water partition coefficient (Wildman–Crippen LogP) is 4.34. The lowest BCUT2D eigenvalue weighted by molar-refractivity contribution is 0.289. The first-order valence-corrected chi connectivity index (χ1v) is 11.3. The van der Waals surface area contributed by atoms with Crippen molar-refractivity contribution in [2.75, 3.05) is 44.0 Å². The van der Waals surface area contributed by atoms with Gasteiger partial charge in [0.2, 0.25) is 5.95 Å². The summed E-state index contributed by atoms with van der Waals surface area (Å²) in [5.41, 5.74) is 0.985. The van der Waals surface area contributed by atoms with E-state index in [9.17, 15) is 0 Å². The summed E-state index contributed by atoms with van der Waals surface area (Å²) in [5, 5.41) is 8.24. The van der Waals surface area contributed by atoms with Crippen molar-refractivity contribution in [3.05, 3.63) is 54.6 Å². The molecule has 1 saturated carbocycles. The molecule has 4 rings (SSSR count). The zero-order valence-corrected chi connectivity index (χ0v) is 18.6. The second-order valence-electron chi connectivity index (χ2n) is 8.51. The van der Waals surface area contributed by atoms with Gasteiger partial charge < -0.3 is 20.3 Å². The normalized spacial score (nSPS) is 18.6. The van der Waals surface area contributed by atoms with Crippen LogP contribution in [0.2, 0.25) is 0 Å². The molecule has 0 atom stereocenters. The average Bonchev–Trinajstić information content (AvgIpc) is 2.80. The van der Waals surface area contributed by atoms with Crippen molar-refractivity contribution in [3.63, 3.8) is 0 Å². The number of para-hydroxylation sites is 2. The van der Waals surface area contributed by atoms with Gasteiger partial charge in [-0.3, -0.25) is 0 Å². The van der Waals surface area contributed by atoms with Crippen molar-refractivity contribution in [2.45, 2.75) is 31.7 Å². The molecule has 0 saturated heterocycles. The topological polar surface area (TPSA) is 62.3 Å². The fourth-order valence-corrected chi connectivity index (χ4v) is 4.22. The van der Waals surface area contributed by atoms with Gasteiger partial charge in [0.1, 0.15) is 18.2 Å². The Kier molecular flexibility index (Phi) is 7.20. The molecule has 3 aromatic rings. The number of rotatable bonds is 9. The SMILES string of the molecule is CN(C)c1nc(NC2CCC(CNCCOc3ccccc3)CC2)nc2ccccc12. The maximum absolute atomic E-state index is 5.75. The second-order valence-corrected chi connectivity index (χ2v) is 8.51. The van der Waals surface area contributed by atoms with Crippen LogP contribution in [0.1, 0.15) is 25.7 Å². The molecule has 2 N–H and O–H groups in total. The molecule has 31 heavy (non-hydrogen) atoms.